The molecule has 200 valence electrons. The molecule has 0 radical (unpaired) electrons. The number of sulfonamides is 1. The zero-order valence-electron chi connectivity index (χ0n) is 19.8. The van der Waals surface area contributed by atoms with E-state index in [1.54, 1.807) is 18.2 Å². The van der Waals surface area contributed by atoms with Gasteiger partial charge in [-0.3, -0.25) is 4.79 Å². The number of carbonyl (C=O) groups excluding carboxylic acids is 1. The maximum atomic E-state index is 12.9. The van der Waals surface area contributed by atoms with Gasteiger partial charge in [-0.2, -0.15) is 0 Å². The van der Waals surface area contributed by atoms with Crippen molar-refractivity contribution >= 4 is 21.9 Å². The Morgan fingerprint density at radius 2 is 1.50 bits per heavy atom. The van der Waals surface area contributed by atoms with Crippen molar-refractivity contribution < 1.29 is 43.2 Å². The number of aromatic carboxylic acids is 1. The highest BCUT2D eigenvalue weighted by Gasteiger charge is 2.45. The molecule has 1 aliphatic rings. The Bertz CT molecular complexity index is 1410. The summed E-state index contributed by atoms with van der Waals surface area (Å²) in [7, 11) is -4.34. The number of nitrogens with one attached hydrogen (secondary N) is 2. The zero-order chi connectivity index (χ0) is 27.4. The van der Waals surface area contributed by atoms with Crippen LogP contribution in [0.5, 0.6) is 0 Å². The number of aliphatic hydroxyl groups is 3. The molecule has 0 unspecified atom stereocenters. The van der Waals surface area contributed by atoms with E-state index in [-0.39, 0.29) is 5.56 Å². The summed E-state index contributed by atoms with van der Waals surface area (Å²) in [6.07, 6.45) is -6.59. The number of carbonyl (C=O) groups is 2. The normalized spacial score (nSPS) is 23.5. The number of aliphatic hydroxyl groups excluding tert-OH is 3. The molecule has 0 bridgehead atoms. The lowest BCUT2D eigenvalue weighted by molar-refractivity contribution is -0.243. The van der Waals surface area contributed by atoms with Crippen molar-refractivity contribution in [2.45, 2.75) is 35.5 Å². The molecule has 12 heteroatoms. The van der Waals surface area contributed by atoms with Gasteiger partial charge in [0.2, 0.25) is 10.0 Å². The van der Waals surface area contributed by atoms with Crippen LogP contribution in [-0.2, 0) is 14.8 Å². The van der Waals surface area contributed by atoms with Crippen molar-refractivity contribution in [3.05, 3.63) is 90.0 Å². The SMILES string of the molecule is O=C(N[C@H]1[C@@H](O)[C@H](O)[C@@H](CNS(=O)(=O)c2ccccc2C(=O)O)O[C@@H]1O)c1cccc(-c2ccccc2)c1. The van der Waals surface area contributed by atoms with E-state index in [9.17, 15) is 38.4 Å². The van der Waals surface area contributed by atoms with Crippen LogP contribution in [0.4, 0.5) is 0 Å². The molecule has 1 amide bonds. The Morgan fingerprint density at radius 3 is 2.21 bits per heavy atom. The Labute approximate surface area is 218 Å². The number of hydrogen-bond acceptors (Lipinski definition) is 8. The van der Waals surface area contributed by atoms with Crippen molar-refractivity contribution in [1.29, 1.82) is 0 Å². The fraction of sp³-hybridized carbons (Fsp3) is 0.231. The van der Waals surface area contributed by atoms with Gasteiger partial charge in [-0.15, -0.1) is 0 Å². The largest absolute Gasteiger partial charge is 0.478 e. The van der Waals surface area contributed by atoms with Crippen molar-refractivity contribution in [1.82, 2.24) is 10.0 Å². The van der Waals surface area contributed by atoms with Crippen LogP contribution in [-0.4, -0.2) is 77.9 Å². The van der Waals surface area contributed by atoms with Gasteiger partial charge in [-0.1, -0.05) is 54.6 Å². The lowest BCUT2D eigenvalue weighted by Crippen LogP contribution is -2.65. The minimum Gasteiger partial charge on any atom is -0.478 e. The van der Waals surface area contributed by atoms with Crippen molar-refractivity contribution in [2.75, 3.05) is 6.54 Å². The molecule has 3 aromatic rings. The van der Waals surface area contributed by atoms with E-state index in [2.05, 4.69) is 10.0 Å². The van der Waals surface area contributed by atoms with E-state index in [1.807, 2.05) is 36.4 Å². The highest BCUT2D eigenvalue weighted by atomic mass is 32.2. The van der Waals surface area contributed by atoms with Crippen molar-refractivity contribution in [2.24, 2.45) is 0 Å². The Balaban J connectivity index is 1.42. The molecule has 4 rings (SSSR count). The summed E-state index contributed by atoms with van der Waals surface area (Å²) in [6, 6.07) is 19.6. The number of amides is 1. The molecule has 1 fully saturated rings. The van der Waals surface area contributed by atoms with E-state index < -0.39 is 69.5 Å². The first kappa shape index (κ1) is 27.4. The second kappa shape index (κ2) is 11.4. The maximum absolute atomic E-state index is 12.9. The fourth-order valence-electron chi connectivity index (χ4n) is 4.12. The Kier molecular flexibility index (Phi) is 8.21. The van der Waals surface area contributed by atoms with Crippen LogP contribution in [0.1, 0.15) is 20.7 Å². The van der Waals surface area contributed by atoms with Crippen LogP contribution in [0.2, 0.25) is 0 Å². The molecule has 11 nitrogen and oxygen atoms in total. The van der Waals surface area contributed by atoms with E-state index in [4.69, 9.17) is 4.74 Å². The van der Waals surface area contributed by atoms with E-state index in [0.29, 0.717) is 0 Å². The van der Waals surface area contributed by atoms with Gasteiger partial charge in [0, 0.05) is 12.1 Å². The molecular weight excluding hydrogens is 516 g/mol. The highest BCUT2D eigenvalue weighted by molar-refractivity contribution is 7.89. The summed E-state index contributed by atoms with van der Waals surface area (Å²) in [5.74, 6) is -2.08. The molecule has 1 aliphatic heterocycles. The van der Waals surface area contributed by atoms with Crippen molar-refractivity contribution in [3.63, 3.8) is 0 Å². The average molecular weight is 543 g/mol. The lowest BCUT2D eigenvalue weighted by atomic mass is 9.96. The smallest absolute Gasteiger partial charge is 0.337 e. The maximum Gasteiger partial charge on any atom is 0.337 e. The molecule has 38 heavy (non-hydrogen) atoms. The summed E-state index contributed by atoms with van der Waals surface area (Å²) >= 11 is 0. The first-order valence-electron chi connectivity index (χ1n) is 11.6. The third-order valence-electron chi connectivity index (χ3n) is 6.13. The van der Waals surface area contributed by atoms with Gasteiger partial charge in [0.05, 0.1) is 10.5 Å². The molecular formula is C26H26N2O9S. The van der Waals surface area contributed by atoms with Crippen molar-refractivity contribution in [3.8, 4) is 11.1 Å². The minimum atomic E-state index is -4.34. The molecule has 0 aromatic heterocycles. The lowest BCUT2D eigenvalue weighted by Gasteiger charge is -2.41. The molecule has 1 saturated heterocycles. The molecule has 0 spiro atoms. The van der Waals surface area contributed by atoms with Crippen LogP contribution < -0.4 is 10.0 Å². The molecule has 3 aromatic carbocycles. The van der Waals surface area contributed by atoms with E-state index >= 15 is 0 Å². The summed E-state index contributed by atoms with van der Waals surface area (Å²) in [5.41, 5.74) is 1.45. The summed E-state index contributed by atoms with van der Waals surface area (Å²) in [4.78, 5) is 23.7. The van der Waals surface area contributed by atoms with Gasteiger partial charge in [0.25, 0.3) is 5.91 Å². The molecule has 5 atom stereocenters. The van der Waals surface area contributed by atoms with Gasteiger partial charge in [-0.25, -0.2) is 17.9 Å². The second-order valence-corrected chi connectivity index (χ2v) is 10.4. The Hall–Kier alpha value is -3.65. The van der Waals surface area contributed by atoms with Gasteiger partial charge in [0.1, 0.15) is 24.4 Å². The molecule has 0 saturated carbocycles. The summed E-state index contributed by atoms with van der Waals surface area (Å²) < 4.78 is 32.8. The van der Waals surface area contributed by atoms with Gasteiger partial charge in [-0.05, 0) is 35.4 Å². The van der Waals surface area contributed by atoms with Gasteiger partial charge >= 0.3 is 5.97 Å². The van der Waals surface area contributed by atoms with Crippen LogP contribution in [0.15, 0.2) is 83.8 Å². The summed E-state index contributed by atoms with van der Waals surface area (Å²) in [6.45, 7) is -0.592. The van der Waals surface area contributed by atoms with Gasteiger partial charge in [0.15, 0.2) is 6.29 Å². The number of carboxylic acids is 1. The average Bonchev–Trinajstić information content (AvgIpc) is 2.92. The number of ether oxygens (including phenoxy) is 1. The first-order valence-corrected chi connectivity index (χ1v) is 13.0. The predicted molar refractivity (Wildman–Crippen MR) is 135 cm³/mol. The summed E-state index contributed by atoms with van der Waals surface area (Å²) in [5, 5.41) is 43.3. The molecule has 0 aliphatic carbocycles. The predicted octanol–water partition coefficient (Wildman–Crippen LogP) is 0.568. The number of benzene rings is 3. The Morgan fingerprint density at radius 1 is 0.842 bits per heavy atom. The highest BCUT2D eigenvalue weighted by Crippen LogP contribution is 2.23. The number of carboxylic acid groups (broad SMARTS) is 1. The van der Waals surface area contributed by atoms with E-state index in [0.717, 1.165) is 23.3 Å². The quantitative estimate of drug-likeness (QED) is 0.237. The van der Waals surface area contributed by atoms with Crippen LogP contribution in [0, 0.1) is 0 Å². The monoisotopic (exact) mass is 542 g/mol. The second-order valence-electron chi connectivity index (χ2n) is 8.65. The third-order valence-corrected chi connectivity index (χ3v) is 7.61. The topological polar surface area (TPSA) is 182 Å². The fourth-order valence-corrected chi connectivity index (χ4v) is 5.37. The molecule has 1 heterocycles. The van der Waals surface area contributed by atoms with E-state index in [1.165, 1.54) is 12.1 Å². The van der Waals surface area contributed by atoms with Crippen LogP contribution in [0.25, 0.3) is 11.1 Å². The standard InChI is InChI=1S/C26H26N2O9S/c29-22-19(14-27-38(35,36)20-12-5-4-11-18(20)25(32)33)37-26(34)21(23(22)30)28-24(31)17-10-6-9-16(13-17)15-7-2-1-3-8-15/h1-13,19,21-23,26-27,29-30,34H,14H2,(H,28,31)(H,32,33)/t19-,21+,22-,23-,26+/m1/s1. The first-order chi connectivity index (χ1) is 18.1. The number of rotatable bonds is 8. The molecule has 6 N–H and O–H groups in total. The van der Waals surface area contributed by atoms with Crippen LogP contribution >= 0.6 is 0 Å². The van der Waals surface area contributed by atoms with Crippen LogP contribution in [0.3, 0.4) is 0 Å². The number of hydrogen-bond donors (Lipinski definition) is 6. The van der Waals surface area contributed by atoms with Gasteiger partial charge < -0.3 is 30.5 Å². The zero-order valence-corrected chi connectivity index (χ0v) is 20.7. The third kappa shape index (κ3) is 5.91. The minimum absolute atomic E-state index is 0.243.